The maximum atomic E-state index is 12.5. The first-order chi connectivity index (χ1) is 14.0. The number of piperidine rings is 2. The molecule has 0 atom stereocenters. The Morgan fingerprint density at radius 3 is 2.10 bits per heavy atom. The second-order valence-corrected chi connectivity index (χ2v) is 13.5. The zero-order valence-corrected chi connectivity index (χ0v) is 23.0. The molecule has 2 rings (SSSR count). The van der Waals surface area contributed by atoms with Crippen LogP contribution >= 0.6 is 0 Å². The number of hydrogen-bond acceptors (Lipinski definition) is 5. The molecular weight excluding hydrogens is 455 g/mol. The van der Waals surface area contributed by atoms with Gasteiger partial charge in [-0.3, -0.25) is 4.90 Å². The van der Waals surface area contributed by atoms with Crippen molar-refractivity contribution >= 4 is 11.7 Å². The van der Waals surface area contributed by atoms with E-state index in [0.29, 0.717) is 28.2 Å². The third-order valence-corrected chi connectivity index (χ3v) is 9.05. The van der Waals surface area contributed by atoms with E-state index in [1.165, 1.54) is 25.9 Å². The van der Waals surface area contributed by atoms with Crippen molar-refractivity contribution in [2.45, 2.75) is 82.0 Å². The number of Topliss-reactive ketones (excluding diaryl/α,β-unsaturated/α-hetero) is 1. The number of amides is 1. The van der Waals surface area contributed by atoms with Crippen molar-refractivity contribution in [1.82, 2.24) is 15.1 Å². The summed E-state index contributed by atoms with van der Waals surface area (Å²) in [5, 5.41) is 3.04. The predicted molar refractivity (Wildman–Crippen MR) is 117 cm³/mol. The van der Waals surface area contributed by atoms with Crippen LogP contribution in [0.5, 0.6) is 0 Å². The first-order valence-corrected chi connectivity index (χ1v) is 14.9. The molecule has 0 spiro atoms. The van der Waals surface area contributed by atoms with Gasteiger partial charge in [-0.2, -0.15) is 0 Å². The van der Waals surface area contributed by atoms with Crippen molar-refractivity contribution in [1.29, 1.82) is 0 Å². The molecule has 2 aliphatic rings. The van der Waals surface area contributed by atoms with E-state index < -0.39 is 29.7 Å². The average molecular weight is 499 g/mol. The number of nitrogens with one attached hydrogen (secondary N) is 1. The molecule has 6 nitrogen and oxygen atoms in total. The van der Waals surface area contributed by atoms with Gasteiger partial charge in [0.2, 0.25) is 0 Å². The van der Waals surface area contributed by atoms with Gasteiger partial charge in [0.1, 0.15) is 0 Å². The molecule has 7 heteroatoms. The fourth-order valence-corrected chi connectivity index (χ4v) is 7.20. The van der Waals surface area contributed by atoms with Crippen LogP contribution in [0.3, 0.4) is 0 Å². The molecule has 0 unspecified atom stereocenters. The molecular formula is C23H43N3O3Y. The normalized spacial score (nSPS) is 20.7. The van der Waals surface area contributed by atoms with Gasteiger partial charge in [-0.15, -0.1) is 0 Å². The zero-order valence-electron chi connectivity index (χ0n) is 20.1. The maximum absolute atomic E-state index is 12.5. The van der Waals surface area contributed by atoms with E-state index in [1.54, 1.807) is 0 Å². The van der Waals surface area contributed by atoms with Gasteiger partial charge in [0.15, 0.2) is 0 Å². The van der Waals surface area contributed by atoms with E-state index in [2.05, 4.69) is 35.9 Å². The number of carbonyl (C=O) groups is 2. The molecule has 0 aromatic rings. The molecule has 0 aliphatic carbocycles. The summed E-state index contributed by atoms with van der Waals surface area (Å²) in [5.74, 6) is 0.614. The van der Waals surface area contributed by atoms with Gasteiger partial charge in [-0.25, -0.2) is 0 Å². The Morgan fingerprint density at radius 1 is 0.967 bits per heavy atom. The first kappa shape index (κ1) is 26.4. The van der Waals surface area contributed by atoms with E-state index in [1.807, 2.05) is 20.8 Å². The zero-order chi connectivity index (χ0) is 22.4. The van der Waals surface area contributed by atoms with E-state index in [4.69, 9.17) is 2.05 Å². The molecule has 0 aromatic heterocycles. The van der Waals surface area contributed by atoms with Crippen molar-refractivity contribution in [3.8, 4) is 0 Å². The summed E-state index contributed by atoms with van der Waals surface area (Å²) in [7, 11) is 0. The van der Waals surface area contributed by atoms with Gasteiger partial charge in [0, 0.05) is 5.54 Å². The Bertz CT molecular complexity index is 555. The van der Waals surface area contributed by atoms with Crippen LogP contribution in [-0.4, -0.2) is 72.4 Å². The van der Waals surface area contributed by atoms with Crippen molar-refractivity contribution in [3.05, 3.63) is 0 Å². The van der Waals surface area contributed by atoms with Crippen molar-refractivity contribution in [3.63, 3.8) is 0 Å². The summed E-state index contributed by atoms with van der Waals surface area (Å²) in [5.41, 5.74) is 0.00715. The third-order valence-electron chi connectivity index (χ3n) is 6.57. The SMILES string of the molecule is CC(C)(C)C(=O)[CH2][Y][O]CCNC(=O)C1CCN(C2CCN(C(C)(C)C)CC2)CC1. The summed E-state index contributed by atoms with van der Waals surface area (Å²) >= 11 is -1.29. The summed E-state index contributed by atoms with van der Waals surface area (Å²) in [4.78, 5) is 29.6. The number of hydrogen-bond donors (Lipinski definition) is 1. The van der Waals surface area contributed by atoms with Crippen LogP contribution in [-0.2, 0) is 41.4 Å². The van der Waals surface area contributed by atoms with Crippen molar-refractivity contribution in [2.24, 2.45) is 11.3 Å². The third kappa shape index (κ3) is 8.57. The standard InChI is InChI=1S/C17H32N3O2.C6H11O.Y/c1-17(2,3)20-11-6-15(7-12-20)19-9-4-14(5-10-19)16(22)18-8-13-21;1-5(7)6(2,3)4;/h14-15H,4-13H2,1-3H3,(H,18,22);1H2,2-4H3;/q-1;;+1. The number of nitrogens with zero attached hydrogens (tertiary/aromatic N) is 2. The Kier molecular flexibility index (Phi) is 10.4. The van der Waals surface area contributed by atoms with Crippen molar-refractivity contribution in [2.75, 3.05) is 39.3 Å². The van der Waals surface area contributed by atoms with Gasteiger partial charge >= 0.3 is 170 Å². The average Bonchev–Trinajstić information content (AvgIpc) is 2.69. The van der Waals surface area contributed by atoms with Crippen LogP contribution in [0.15, 0.2) is 0 Å². The van der Waals surface area contributed by atoms with Gasteiger partial charge in [-0.1, -0.05) is 0 Å². The molecule has 0 radical (unpaired) electrons. The van der Waals surface area contributed by atoms with E-state index in [0.717, 1.165) is 25.9 Å². The molecule has 30 heavy (non-hydrogen) atoms. The topological polar surface area (TPSA) is 61.9 Å². The summed E-state index contributed by atoms with van der Waals surface area (Å²) in [6.07, 6.45) is 4.41. The molecule has 2 aliphatic heterocycles. The Hall–Kier alpha value is 0.124. The van der Waals surface area contributed by atoms with Crippen LogP contribution in [0.2, 0.25) is 3.23 Å². The van der Waals surface area contributed by atoms with Crippen LogP contribution in [0.1, 0.15) is 67.2 Å². The summed E-state index contributed by atoms with van der Waals surface area (Å²) in [6, 6.07) is 0.684. The van der Waals surface area contributed by atoms with Gasteiger partial charge in [0.25, 0.3) is 0 Å². The van der Waals surface area contributed by atoms with E-state index >= 15 is 0 Å². The molecule has 1 amide bonds. The fraction of sp³-hybridized carbons (Fsp3) is 0.913. The Labute approximate surface area is 200 Å². The minimum atomic E-state index is -1.29. The van der Waals surface area contributed by atoms with Gasteiger partial charge in [-0.05, 0) is 20.8 Å². The molecule has 2 heterocycles. The molecule has 1 N–H and O–H groups in total. The first-order valence-electron chi connectivity index (χ1n) is 11.7. The summed E-state index contributed by atoms with van der Waals surface area (Å²) in [6.45, 7) is 18.3. The van der Waals surface area contributed by atoms with E-state index in [-0.39, 0.29) is 22.8 Å². The van der Waals surface area contributed by atoms with Crippen LogP contribution in [0, 0.1) is 11.3 Å². The molecule has 0 aromatic carbocycles. The molecule has 2 saturated heterocycles. The predicted octanol–water partition coefficient (Wildman–Crippen LogP) is 3.13. The molecule has 0 bridgehead atoms. The molecule has 2 fully saturated rings. The Morgan fingerprint density at radius 2 is 1.57 bits per heavy atom. The molecule has 0 saturated carbocycles. The molecule has 171 valence electrons. The van der Waals surface area contributed by atoms with Crippen LogP contribution in [0.25, 0.3) is 0 Å². The second-order valence-electron chi connectivity index (χ2n) is 10.9. The Balaban J connectivity index is 1.57. The number of ketones is 1. The van der Waals surface area contributed by atoms with Gasteiger partial charge in [0.05, 0.1) is 0 Å². The quantitative estimate of drug-likeness (QED) is 0.522. The minimum absolute atomic E-state index is 0.139. The monoisotopic (exact) mass is 498 g/mol. The number of carbonyl (C=O) groups excluding carboxylic acids is 2. The second kappa shape index (κ2) is 11.8. The fourth-order valence-electron chi connectivity index (χ4n) is 4.33. The number of rotatable bonds is 8. The van der Waals surface area contributed by atoms with Crippen LogP contribution < -0.4 is 5.32 Å². The van der Waals surface area contributed by atoms with E-state index in [9.17, 15) is 9.59 Å². The van der Waals surface area contributed by atoms with Gasteiger partial charge < -0.3 is 0 Å². The van der Waals surface area contributed by atoms with Crippen LogP contribution in [0.4, 0.5) is 0 Å². The summed E-state index contributed by atoms with van der Waals surface area (Å²) < 4.78 is 6.33. The number of likely N-dealkylation sites (tertiary alicyclic amines) is 2. The van der Waals surface area contributed by atoms with Crippen molar-refractivity contribution < 1.29 is 41.4 Å².